The van der Waals surface area contributed by atoms with Crippen molar-refractivity contribution in [1.82, 2.24) is 0 Å². The molecule has 0 aliphatic rings. The van der Waals surface area contributed by atoms with Gasteiger partial charge in [0.05, 0.1) is 4.92 Å². The van der Waals surface area contributed by atoms with Gasteiger partial charge in [0.2, 0.25) is 5.82 Å². The van der Waals surface area contributed by atoms with Crippen molar-refractivity contribution in [3.05, 3.63) is 39.7 Å². The summed E-state index contributed by atoms with van der Waals surface area (Å²) in [6.45, 7) is 0. The number of hydrogen-bond acceptors (Lipinski definition) is 3. The lowest BCUT2D eigenvalue weighted by atomic mass is 10.0. The van der Waals surface area contributed by atoms with E-state index in [0.29, 0.717) is 12.1 Å². The van der Waals surface area contributed by atoms with Crippen molar-refractivity contribution in [3.63, 3.8) is 0 Å². The monoisotopic (exact) mass is 249 g/mol. The first kappa shape index (κ1) is 12.9. The second kappa shape index (κ2) is 4.40. The van der Waals surface area contributed by atoms with Gasteiger partial charge in [-0.2, -0.15) is 4.39 Å². The Morgan fingerprint density at radius 1 is 1.47 bits per heavy atom. The highest BCUT2D eigenvalue weighted by atomic mass is 19.3. The number of nitrogens with zero attached hydrogens (tertiary/aromatic N) is 1. The third-order valence-electron chi connectivity index (χ3n) is 1.94. The van der Waals surface area contributed by atoms with Crippen molar-refractivity contribution in [1.29, 1.82) is 0 Å². The molecule has 1 N–H and O–H groups in total. The highest BCUT2D eigenvalue weighted by Crippen LogP contribution is 2.33. The van der Waals surface area contributed by atoms with Gasteiger partial charge in [-0.15, -0.1) is 0 Å². The van der Waals surface area contributed by atoms with E-state index in [-0.39, 0.29) is 6.07 Å². The second-order valence-corrected chi connectivity index (χ2v) is 3.20. The minimum atomic E-state index is -3.78. The van der Waals surface area contributed by atoms with Crippen molar-refractivity contribution in [2.24, 2.45) is 0 Å². The summed E-state index contributed by atoms with van der Waals surface area (Å²) in [6, 6.07) is 1.46. The summed E-state index contributed by atoms with van der Waals surface area (Å²) in [5.41, 5.74) is -1.86. The van der Waals surface area contributed by atoms with Gasteiger partial charge in [-0.05, 0) is 12.1 Å². The molecule has 0 saturated carbocycles. The Kier molecular flexibility index (Phi) is 3.35. The number of carbonyl (C=O) groups is 1. The summed E-state index contributed by atoms with van der Waals surface area (Å²) in [6.07, 6.45) is -1.51. The van der Waals surface area contributed by atoms with Gasteiger partial charge in [-0.25, -0.2) is 8.78 Å². The summed E-state index contributed by atoms with van der Waals surface area (Å²) in [5, 5.41) is 18.5. The molecule has 0 aliphatic heterocycles. The van der Waals surface area contributed by atoms with Gasteiger partial charge in [0.1, 0.15) is 6.42 Å². The maximum atomic E-state index is 13.2. The first-order valence-corrected chi connectivity index (χ1v) is 4.28. The number of benzene rings is 1. The Labute approximate surface area is 92.6 Å². The molecule has 0 unspecified atom stereocenters. The van der Waals surface area contributed by atoms with E-state index in [4.69, 9.17) is 5.11 Å². The van der Waals surface area contributed by atoms with Gasteiger partial charge in [-0.1, -0.05) is 0 Å². The summed E-state index contributed by atoms with van der Waals surface area (Å²) < 4.78 is 39.5. The fraction of sp³-hybridized carbons (Fsp3) is 0.222. The molecular formula is C9H6F3NO4. The fourth-order valence-electron chi connectivity index (χ4n) is 1.17. The lowest BCUT2D eigenvalue weighted by Crippen LogP contribution is -2.18. The molecule has 0 aromatic heterocycles. The predicted molar refractivity (Wildman–Crippen MR) is 49.2 cm³/mol. The third-order valence-corrected chi connectivity index (χ3v) is 1.94. The Hall–Kier alpha value is -2.12. The quantitative estimate of drug-likeness (QED) is 0.655. The fourth-order valence-corrected chi connectivity index (χ4v) is 1.17. The number of aliphatic carboxylic acids is 1. The first-order valence-electron chi connectivity index (χ1n) is 4.28. The van der Waals surface area contributed by atoms with Crippen LogP contribution in [0.1, 0.15) is 12.0 Å². The highest BCUT2D eigenvalue weighted by Gasteiger charge is 2.35. The molecule has 8 heteroatoms. The molecule has 92 valence electrons. The van der Waals surface area contributed by atoms with Crippen molar-refractivity contribution >= 4 is 11.7 Å². The lowest BCUT2D eigenvalue weighted by molar-refractivity contribution is -0.387. The van der Waals surface area contributed by atoms with Crippen LogP contribution in [0.3, 0.4) is 0 Å². The normalized spacial score (nSPS) is 11.2. The van der Waals surface area contributed by atoms with Gasteiger partial charge < -0.3 is 5.11 Å². The van der Waals surface area contributed by atoms with Crippen LogP contribution < -0.4 is 0 Å². The van der Waals surface area contributed by atoms with Crippen LogP contribution in [0.4, 0.5) is 18.9 Å². The van der Waals surface area contributed by atoms with Crippen LogP contribution in [0, 0.1) is 15.9 Å². The van der Waals surface area contributed by atoms with Gasteiger partial charge in [0.15, 0.2) is 0 Å². The van der Waals surface area contributed by atoms with E-state index in [0.717, 1.165) is 0 Å². The van der Waals surface area contributed by atoms with E-state index >= 15 is 0 Å². The number of halogens is 3. The molecule has 0 aliphatic carbocycles. The van der Waals surface area contributed by atoms with E-state index in [9.17, 15) is 28.1 Å². The molecule has 0 radical (unpaired) electrons. The Bertz CT molecular complexity index is 475. The summed E-state index contributed by atoms with van der Waals surface area (Å²) in [5.74, 6) is -6.96. The number of nitro groups is 1. The number of carboxylic acid groups (broad SMARTS) is 1. The second-order valence-electron chi connectivity index (χ2n) is 3.20. The molecular weight excluding hydrogens is 243 g/mol. The minimum Gasteiger partial charge on any atom is -0.481 e. The van der Waals surface area contributed by atoms with Gasteiger partial charge >= 0.3 is 11.7 Å². The van der Waals surface area contributed by atoms with Crippen LogP contribution in [0.5, 0.6) is 0 Å². The molecule has 0 fully saturated rings. The molecule has 1 aromatic carbocycles. The molecule has 1 rings (SSSR count). The van der Waals surface area contributed by atoms with Crippen molar-refractivity contribution in [2.45, 2.75) is 12.3 Å². The molecule has 0 spiro atoms. The van der Waals surface area contributed by atoms with Crippen molar-refractivity contribution < 1.29 is 28.0 Å². The molecule has 0 saturated heterocycles. The first-order chi connectivity index (χ1) is 7.74. The maximum absolute atomic E-state index is 13.2. The largest absolute Gasteiger partial charge is 0.481 e. The van der Waals surface area contributed by atoms with Crippen LogP contribution in [-0.2, 0) is 10.7 Å². The number of nitro benzene ring substituents is 1. The van der Waals surface area contributed by atoms with Crippen molar-refractivity contribution in [2.75, 3.05) is 0 Å². The standard InChI is InChI=1S/C9H6F3NO4/c10-6-3-5(1-2-7(6)13(16)17)9(11,12)4-8(14)15/h1-3H,4H2,(H,14,15). The molecule has 0 bridgehead atoms. The summed E-state index contributed by atoms with van der Waals surface area (Å²) in [4.78, 5) is 19.3. The average Bonchev–Trinajstić information content (AvgIpc) is 2.14. The van der Waals surface area contributed by atoms with E-state index < -0.39 is 40.3 Å². The molecule has 17 heavy (non-hydrogen) atoms. The van der Waals surface area contributed by atoms with Gasteiger partial charge in [0.25, 0.3) is 5.92 Å². The number of alkyl halides is 2. The zero-order valence-electron chi connectivity index (χ0n) is 8.19. The summed E-state index contributed by atoms with van der Waals surface area (Å²) >= 11 is 0. The third kappa shape index (κ3) is 2.92. The molecule has 0 atom stereocenters. The van der Waals surface area contributed by atoms with E-state index in [2.05, 4.69) is 0 Å². The maximum Gasteiger partial charge on any atom is 0.309 e. The van der Waals surface area contributed by atoms with Gasteiger partial charge in [-0.3, -0.25) is 14.9 Å². The van der Waals surface area contributed by atoms with Crippen molar-refractivity contribution in [3.8, 4) is 0 Å². The zero-order valence-corrected chi connectivity index (χ0v) is 8.19. The smallest absolute Gasteiger partial charge is 0.309 e. The number of hydrogen-bond donors (Lipinski definition) is 1. The molecule has 5 nitrogen and oxygen atoms in total. The summed E-state index contributed by atoms with van der Waals surface area (Å²) in [7, 11) is 0. The van der Waals surface area contributed by atoms with Gasteiger partial charge in [0, 0.05) is 11.6 Å². The average molecular weight is 249 g/mol. The van der Waals surface area contributed by atoms with E-state index in [1.165, 1.54) is 0 Å². The van der Waals surface area contributed by atoms with E-state index in [1.54, 1.807) is 0 Å². The topological polar surface area (TPSA) is 80.4 Å². The lowest BCUT2D eigenvalue weighted by Gasteiger charge is -2.13. The van der Waals surface area contributed by atoms with Crippen LogP contribution >= 0.6 is 0 Å². The van der Waals surface area contributed by atoms with Crippen LogP contribution in [0.15, 0.2) is 18.2 Å². The van der Waals surface area contributed by atoms with Crippen LogP contribution in [0.25, 0.3) is 0 Å². The van der Waals surface area contributed by atoms with E-state index in [1.807, 2.05) is 0 Å². The predicted octanol–water partition coefficient (Wildman–Crippen LogP) is 2.30. The van der Waals surface area contributed by atoms with Crippen LogP contribution in [0.2, 0.25) is 0 Å². The Morgan fingerprint density at radius 3 is 2.47 bits per heavy atom. The molecule has 0 amide bonds. The Balaban J connectivity index is 3.13. The highest BCUT2D eigenvalue weighted by molar-refractivity contribution is 5.68. The molecule has 1 aromatic rings. The number of carboxylic acids is 1. The van der Waals surface area contributed by atoms with Crippen LogP contribution in [-0.4, -0.2) is 16.0 Å². The Morgan fingerprint density at radius 2 is 2.06 bits per heavy atom. The SMILES string of the molecule is O=C(O)CC(F)(F)c1ccc([N+](=O)[O-])c(F)c1. The molecule has 0 heterocycles. The minimum absolute atomic E-state index is 0.265. The number of rotatable bonds is 4. The zero-order chi connectivity index (χ0) is 13.2.